The van der Waals surface area contributed by atoms with Crippen LogP contribution in [0.15, 0.2) is 29.1 Å². The predicted octanol–water partition coefficient (Wildman–Crippen LogP) is 1.28. The lowest BCUT2D eigenvalue weighted by Crippen LogP contribution is -2.44. The van der Waals surface area contributed by atoms with Gasteiger partial charge in [-0.25, -0.2) is 0 Å². The fraction of sp³-hybridized carbons (Fsp3) is 0.471. The lowest BCUT2D eigenvalue weighted by Gasteiger charge is -2.28. The van der Waals surface area contributed by atoms with Crippen molar-refractivity contribution in [2.45, 2.75) is 37.9 Å². The number of amides is 2. The Kier molecular flexibility index (Phi) is 3.68. The van der Waals surface area contributed by atoms with Crippen molar-refractivity contribution in [3.05, 3.63) is 34.6 Å². The summed E-state index contributed by atoms with van der Waals surface area (Å²) in [5.41, 5.74) is -0.112. The SMILES string of the molecule is CN1C[C@@H]2CC[C@H](CC1=O)N2C(=O)Cn1sc2ccccc2c1=O. The van der Waals surface area contributed by atoms with Gasteiger partial charge in [-0.05, 0) is 25.0 Å². The lowest BCUT2D eigenvalue weighted by molar-refractivity contribution is -0.134. The monoisotopic (exact) mass is 345 g/mol. The molecule has 7 heteroatoms. The first-order valence-corrected chi connectivity index (χ1v) is 8.96. The zero-order chi connectivity index (χ0) is 16.8. The minimum absolute atomic E-state index is 0.0231. The number of likely N-dealkylation sites (tertiary alicyclic amines) is 1. The van der Waals surface area contributed by atoms with Crippen molar-refractivity contribution in [3.63, 3.8) is 0 Å². The summed E-state index contributed by atoms with van der Waals surface area (Å²) in [6.07, 6.45) is 2.19. The van der Waals surface area contributed by atoms with Crippen LogP contribution < -0.4 is 5.56 Å². The third-order valence-corrected chi connectivity index (χ3v) is 6.13. The molecule has 24 heavy (non-hydrogen) atoms. The fourth-order valence-corrected chi connectivity index (χ4v) is 4.84. The summed E-state index contributed by atoms with van der Waals surface area (Å²) >= 11 is 1.32. The summed E-state index contributed by atoms with van der Waals surface area (Å²) in [5, 5.41) is 0.657. The van der Waals surface area contributed by atoms with Gasteiger partial charge in [-0.1, -0.05) is 23.7 Å². The van der Waals surface area contributed by atoms with Gasteiger partial charge in [0.25, 0.3) is 5.56 Å². The quantitative estimate of drug-likeness (QED) is 0.824. The number of carbonyl (C=O) groups is 2. The Balaban J connectivity index is 1.60. The van der Waals surface area contributed by atoms with E-state index in [1.807, 2.05) is 23.1 Å². The number of hydrogen-bond donors (Lipinski definition) is 0. The number of rotatable bonds is 2. The van der Waals surface area contributed by atoms with Crippen molar-refractivity contribution >= 4 is 33.4 Å². The molecule has 1 aromatic carbocycles. The number of aromatic nitrogens is 1. The minimum atomic E-state index is -0.112. The molecule has 6 nitrogen and oxygen atoms in total. The van der Waals surface area contributed by atoms with Crippen molar-refractivity contribution in [3.8, 4) is 0 Å². The first-order valence-electron chi connectivity index (χ1n) is 8.18. The zero-order valence-corrected chi connectivity index (χ0v) is 14.3. The molecule has 2 fully saturated rings. The van der Waals surface area contributed by atoms with Gasteiger partial charge in [0.2, 0.25) is 11.8 Å². The first kappa shape index (κ1) is 15.4. The van der Waals surface area contributed by atoms with E-state index < -0.39 is 0 Å². The maximum atomic E-state index is 12.9. The maximum Gasteiger partial charge on any atom is 0.268 e. The molecule has 0 aliphatic carbocycles. The van der Waals surface area contributed by atoms with Crippen LogP contribution in [0.4, 0.5) is 0 Å². The van der Waals surface area contributed by atoms with Gasteiger partial charge < -0.3 is 9.80 Å². The standard InChI is InChI=1S/C17H19N3O3S/c1-18-9-12-7-6-11(8-15(18)21)20(12)16(22)10-19-17(23)13-4-2-3-5-14(13)24-19/h2-5,11-12H,6-10H2,1H3/t11-,12+/m1/s1. The average molecular weight is 345 g/mol. The van der Waals surface area contributed by atoms with E-state index in [-0.39, 0.29) is 36.0 Å². The average Bonchev–Trinajstić information content (AvgIpc) is 3.05. The summed E-state index contributed by atoms with van der Waals surface area (Å²) in [4.78, 5) is 40.9. The van der Waals surface area contributed by atoms with Crippen molar-refractivity contribution < 1.29 is 9.59 Å². The third kappa shape index (κ3) is 2.43. The van der Waals surface area contributed by atoms with Gasteiger partial charge in [0.15, 0.2) is 0 Å². The van der Waals surface area contributed by atoms with Crippen molar-refractivity contribution in [1.29, 1.82) is 0 Å². The number of fused-ring (bicyclic) bond motifs is 3. The largest absolute Gasteiger partial charge is 0.344 e. The van der Waals surface area contributed by atoms with Crippen LogP contribution in [0.1, 0.15) is 19.3 Å². The molecule has 2 aliphatic rings. The molecule has 3 heterocycles. The van der Waals surface area contributed by atoms with E-state index in [0.717, 1.165) is 17.5 Å². The van der Waals surface area contributed by atoms with Crippen LogP contribution in [0, 0.1) is 0 Å². The second-order valence-corrected chi connectivity index (χ2v) is 7.66. The highest BCUT2D eigenvalue weighted by molar-refractivity contribution is 7.13. The molecule has 0 radical (unpaired) electrons. The van der Waals surface area contributed by atoms with Gasteiger partial charge in [-0.15, -0.1) is 0 Å². The molecule has 0 unspecified atom stereocenters. The number of likely N-dealkylation sites (N-methyl/N-ethyl adjacent to an activating group) is 1. The molecule has 0 spiro atoms. The summed E-state index contributed by atoms with van der Waals surface area (Å²) in [5.74, 6) is 0.0401. The number of nitrogens with zero attached hydrogens (tertiary/aromatic N) is 3. The van der Waals surface area contributed by atoms with E-state index >= 15 is 0 Å². The Morgan fingerprint density at radius 1 is 1.21 bits per heavy atom. The van der Waals surface area contributed by atoms with Gasteiger partial charge in [-0.2, -0.15) is 0 Å². The highest BCUT2D eigenvalue weighted by atomic mass is 32.1. The van der Waals surface area contributed by atoms with Crippen molar-refractivity contribution in [1.82, 2.24) is 13.8 Å². The van der Waals surface area contributed by atoms with Gasteiger partial charge in [0, 0.05) is 32.1 Å². The zero-order valence-electron chi connectivity index (χ0n) is 13.5. The molecule has 0 N–H and O–H groups in total. The van der Waals surface area contributed by atoms with Gasteiger partial charge in [-0.3, -0.25) is 18.3 Å². The lowest BCUT2D eigenvalue weighted by atomic mass is 10.1. The predicted molar refractivity (Wildman–Crippen MR) is 92.0 cm³/mol. The normalized spacial score (nSPS) is 23.8. The van der Waals surface area contributed by atoms with Crippen LogP contribution in [0.2, 0.25) is 0 Å². The molecular formula is C17H19N3O3S. The van der Waals surface area contributed by atoms with E-state index in [4.69, 9.17) is 0 Å². The molecule has 2 bridgehead atoms. The summed E-state index contributed by atoms with van der Waals surface area (Å²) in [6, 6.07) is 7.46. The molecule has 2 aliphatic heterocycles. The van der Waals surface area contributed by atoms with Crippen molar-refractivity contribution in [2.24, 2.45) is 0 Å². The summed E-state index contributed by atoms with van der Waals surface area (Å²) in [6.45, 7) is 0.644. The van der Waals surface area contributed by atoms with E-state index in [9.17, 15) is 14.4 Å². The van der Waals surface area contributed by atoms with Crippen LogP contribution in [-0.4, -0.2) is 51.2 Å². The van der Waals surface area contributed by atoms with Crippen LogP contribution >= 0.6 is 11.5 Å². The summed E-state index contributed by atoms with van der Waals surface area (Å²) in [7, 11) is 1.79. The maximum absolute atomic E-state index is 12.9. The molecule has 2 aromatic rings. The Bertz CT molecular complexity index is 871. The van der Waals surface area contributed by atoms with Gasteiger partial charge in [0.05, 0.1) is 10.1 Å². The van der Waals surface area contributed by atoms with E-state index in [1.54, 1.807) is 18.0 Å². The fourth-order valence-electron chi connectivity index (χ4n) is 3.85. The van der Waals surface area contributed by atoms with Crippen LogP contribution in [0.25, 0.3) is 10.1 Å². The minimum Gasteiger partial charge on any atom is -0.344 e. The smallest absolute Gasteiger partial charge is 0.268 e. The number of benzene rings is 1. The Morgan fingerprint density at radius 3 is 2.75 bits per heavy atom. The van der Waals surface area contributed by atoms with E-state index in [1.165, 1.54) is 15.5 Å². The Hall–Kier alpha value is -2.15. The second kappa shape index (κ2) is 5.73. The van der Waals surface area contributed by atoms with E-state index in [0.29, 0.717) is 18.4 Å². The summed E-state index contributed by atoms with van der Waals surface area (Å²) < 4.78 is 2.42. The van der Waals surface area contributed by atoms with Crippen LogP contribution in [-0.2, 0) is 16.1 Å². The molecule has 4 rings (SSSR count). The highest BCUT2D eigenvalue weighted by Gasteiger charge is 2.41. The molecule has 0 saturated carbocycles. The van der Waals surface area contributed by atoms with Gasteiger partial charge >= 0.3 is 0 Å². The first-order chi connectivity index (χ1) is 11.5. The van der Waals surface area contributed by atoms with E-state index in [2.05, 4.69) is 0 Å². The molecular weight excluding hydrogens is 326 g/mol. The topological polar surface area (TPSA) is 62.6 Å². The van der Waals surface area contributed by atoms with Crippen LogP contribution in [0.5, 0.6) is 0 Å². The van der Waals surface area contributed by atoms with Gasteiger partial charge in [0.1, 0.15) is 6.54 Å². The molecule has 2 atom stereocenters. The van der Waals surface area contributed by atoms with Crippen LogP contribution in [0.3, 0.4) is 0 Å². The molecule has 2 saturated heterocycles. The van der Waals surface area contributed by atoms with Crippen molar-refractivity contribution in [2.75, 3.05) is 13.6 Å². The Labute approximate surface area is 143 Å². The molecule has 126 valence electrons. The Morgan fingerprint density at radius 2 is 1.96 bits per heavy atom. The third-order valence-electron chi connectivity index (χ3n) is 5.06. The highest BCUT2D eigenvalue weighted by Crippen LogP contribution is 2.30. The molecule has 1 aromatic heterocycles. The number of hydrogen-bond acceptors (Lipinski definition) is 4. The second-order valence-electron chi connectivity index (χ2n) is 6.59. The number of carbonyl (C=O) groups excluding carboxylic acids is 2. The molecule has 2 amide bonds.